The van der Waals surface area contributed by atoms with Crippen molar-refractivity contribution in [2.24, 2.45) is 29.1 Å². The van der Waals surface area contributed by atoms with Crippen LogP contribution in [0.2, 0.25) is 0 Å². The number of carbonyl (C=O) groups is 2. The maximum atomic E-state index is 12.3. The van der Waals surface area contributed by atoms with E-state index in [4.69, 9.17) is 4.74 Å². The first-order valence-corrected chi connectivity index (χ1v) is 7.76. The zero-order valence-corrected chi connectivity index (χ0v) is 13.4. The van der Waals surface area contributed by atoms with Gasteiger partial charge in [0.05, 0.1) is 5.92 Å². The lowest BCUT2D eigenvalue weighted by molar-refractivity contribution is -0.139. The topological polar surface area (TPSA) is 66.8 Å². The molecule has 1 N–H and O–H groups in total. The highest BCUT2D eigenvalue weighted by atomic mass is 16.6. The number of fused-ring (bicyclic) bond motifs is 1. The number of nitrogens with zero attached hydrogens (tertiary/aromatic N) is 1. The summed E-state index contributed by atoms with van der Waals surface area (Å²) < 4.78 is 5.46. The van der Waals surface area contributed by atoms with Crippen LogP contribution in [-0.2, 0) is 9.53 Å². The van der Waals surface area contributed by atoms with Crippen molar-refractivity contribution in [3.8, 4) is 0 Å². The maximum Gasteiger partial charge on any atom is 0.410 e. The van der Waals surface area contributed by atoms with E-state index >= 15 is 0 Å². The molecule has 5 atom stereocenters. The quantitative estimate of drug-likeness (QED) is 0.850. The number of carboxylic acid groups (broad SMARTS) is 1. The summed E-state index contributed by atoms with van der Waals surface area (Å²) in [6.07, 6.45) is 0.755. The van der Waals surface area contributed by atoms with Gasteiger partial charge in [0.2, 0.25) is 0 Å². The number of carbonyl (C=O) groups excluding carboxylic acids is 1. The molecule has 3 unspecified atom stereocenters. The van der Waals surface area contributed by atoms with E-state index in [0.717, 1.165) is 13.0 Å². The molecular weight excluding hydrogens is 270 g/mol. The molecule has 118 valence electrons. The van der Waals surface area contributed by atoms with Crippen LogP contribution < -0.4 is 0 Å². The van der Waals surface area contributed by atoms with E-state index in [1.165, 1.54) is 0 Å². The van der Waals surface area contributed by atoms with E-state index in [2.05, 4.69) is 0 Å². The zero-order valence-electron chi connectivity index (χ0n) is 13.4. The third kappa shape index (κ3) is 2.12. The molecule has 0 aromatic heterocycles. The average molecular weight is 295 g/mol. The summed E-state index contributed by atoms with van der Waals surface area (Å²) in [5, 5.41) is 9.34. The van der Waals surface area contributed by atoms with Crippen LogP contribution in [0.5, 0.6) is 0 Å². The second-order valence-corrected chi connectivity index (χ2v) is 8.44. The Bertz CT molecular complexity index is 493. The standard InChI is InChI=1S/C16H25NO4/c1-15(2,3)21-14(20)17-7-8-6-9(17)10(8)11-12(13(18)19)16(11,4)5/h8-12H,6-7H2,1-5H3,(H,18,19)/t8-,9-,10?,11?,12?/m0/s1. The molecule has 2 bridgehead atoms. The highest BCUT2D eigenvalue weighted by molar-refractivity contribution is 5.76. The molecule has 2 aliphatic heterocycles. The number of aliphatic carboxylic acids is 1. The summed E-state index contributed by atoms with van der Waals surface area (Å²) >= 11 is 0. The van der Waals surface area contributed by atoms with E-state index in [1.54, 1.807) is 0 Å². The second kappa shape index (κ2) is 4.14. The van der Waals surface area contributed by atoms with Gasteiger partial charge in [0.25, 0.3) is 0 Å². The molecule has 21 heavy (non-hydrogen) atoms. The SMILES string of the molecule is CC(C)(C)OC(=O)N1C[C@@H]2C[C@H]1C2C1C(C(=O)O)C1(C)C. The molecule has 2 heterocycles. The van der Waals surface area contributed by atoms with Crippen LogP contribution in [-0.4, -0.2) is 40.3 Å². The number of carboxylic acids is 1. The van der Waals surface area contributed by atoms with Gasteiger partial charge in [-0.2, -0.15) is 0 Å². The van der Waals surface area contributed by atoms with Gasteiger partial charge in [0.1, 0.15) is 5.60 Å². The maximum absolute atomic E-state index is 12.3. The van der Waals surface area contributed by atoms with Gasteiger partial charge in [-0.15, -0.1) is 0 Å². The number of ether oxygens (including phenoxy) is 1. The Morgan fingerprint density at radius 1 is 1.29 bits per heavy atom. The summed E-state index contributed by atoms with van der Waals surface area (Å²) in [6, 6.07) is 0.179. The van der Waals surface area contributed by atoms with Gasteiger partial charge in [-0.1, -0.05) is 13.8 Å². The molecule has 5 heteroatoms. The summed E-state index contributed by atoms with van der Waals surface area (Å²) in [6.45, 7) is 10.4. The van der Waals surface area contributed by atoms with Crippen molar-refractivity contribution in [3.05, 3.63) is 0 Å². The van der Waals surface area contributed by atoms with Crippen molar-refractivity contribution in [2.75, 3.05) is 6.54 Å². The fourth-order valence-electron chi connectivity index (χ4n) is 4.59. The first-order valence-electron chi connectivity index (χ1n) is 7.76. The number of hydrogen-bond donors (Lipinski definition) is 1. The van der Waals surface area contributed by atoms with Gasteiger partial charge >= 0.3 is 12.1 Å². The minimum absolute atomic E-state index is 0.142. The van der Waals surface area contributed by atoms with Crippen molar-refractivity contribution < 1.29 is 19.4 Å². The molecule has 1 amide bonds. The summed E-state index contributed by atoms with van der Waals surface area (Å²) in [7, 11) is 0. The molecule has 0 aromatic rings. The Labute approximate surface area is 125 Å². The van der Waals surface area contributed by atoms with Crippen LogP contribution in [0.15, 0.2) is 0 Å². The van der Waals surface area contributed by atoms with Gasteiger partial charge in [-0.3, -0.25) is 4.79 Å². The molecule has 2 saturated heterocycles. The molecule has 2 saturated carbocycles. The predicted octanol–water partition coefficient (Wildman–Crippen LogP) is 2.60. The van der Waals surface area contributed by atoms with Gasteiger partial charge in [-0.05, 0) is 50.4 Å². The lowest BCUT2D eigenvalue weighted by atomic mass is 9.69. The third-order valence-electron chi connectivity index (χ3n) is 5.58. The van der Waals surface area contributed by atoms with Crippen molar-refractivity contribution in [3.63, 3.8) is 0 Å². The second-order valence-electron chi connectivity index (χ2n) is 8.44. The molecule has 0 aromatic carbocycles. The number of hydrogen-bond acceptors (Lipinski definition) is 3. The normalized spacial score (nSPS) is 39.7. The Balaban J connectivity index is 1.69. The predicted molar refractivity (Wildman–Crippen MR) is 76.7 cm³/mol. The largest absolute Gasteiger partial charge is 0.481 e. The molecule has 4 aliphatic rings. The minimum Gasteiger partial charge on any atom is -0.481 e. The lowest BCUT2D eigenvalue weighted by Crippen LogP contribution is -2.44. The van der Waals surface area contributed by atoms with E-state index in [9.17, 15) is 14.7 Å². The smallest absolute Gasteiger partial charge is 0.410 e. The fourth-order valence-corrected chi connectivity index (χ4v) is 4.59. The van der Waals surface area contributed by atoms with Crippen LogP contribution in [0.25, 0.3) is 0 Å². The Hall–Kier alpha value is -1.26. The Kier molecular flexibility index (Phi) is 2.89. The lowest BCUT2D eigenvalue weighted by Gasteiger charge is -2.38. The first-order chi connectivity index (χ1) is 9.54. The highest BCUT2D eigenvalue weighted by Crippen LogP contribution is 2.68. The Morgan fingerprint density at radius 2 is 1.90 bits per heavy atom. The van der Waals surface area contributed by atoms with Crippen molar-refractivity contribution >= 4 is 12.1 Å². The molecule has 5 nitrogen and oxygen atoms in total. The molecular formula is C16H25NO4. The van der Waals surface area contributed by atoms with Crippen molar-refractivity contribution in [1.29, 1.82) is 0 Å². The van der Waals surface area contributed by atoms with E-state index in [0.29, 0.717) is 11.8 Å². The van der Waals surface area contributed by atoms with Crippen LogP contribution in [0.1, 0.15) is 41.0 Å². The highest BCUT2D eigenvalue weighted by Gasteiger charge is 2.72. The van der Waals surface area contributed by atoms with E-state index in [1.807, 2.05) is 39.5 Å². The molecule has 0 radical (unpaired) electrons. The van der Waals surface area contributed by atoms with E-state index in [-0.39, 0.29) is 29.4 Å². The minimum atomic E-state index is -0.694. The van der Waals surface area contributed by atoms with Gasteiger partial charge in [-0.25, -0.2) is 4.79 Å². The van der Waals surface area contributed by atoms with Gasteiger partial charge in [0.15, 0.2) is 0 Å². The van der Waals surface area contributed by atoms with Crippen LogP contribution in [0.3, 0.4) is 0 Å². The molecule has 0 spiro atoms. The summed E-state index contributed by atoms with van der Waals surface area (Å²) in [5.74, 6) is 0.0439. The summed E-state index contributed by atoms with van der Waals surface area (Å²) in [4.78, 5) is 25.4. The monoisotopic (exact) mass is 295 g/mol. The zero-order chi connectivity index (χ0) is 15.7. The number of amides is 1. The molecule has 4 fully saturated rings. The first kappa shape index (κ1) is 14.7. The van der Waals surface area contributed by atoms with Crippen molar-refractivity contribution in [1.82, 2.24) is 4.90 Å². The van der Waals surface area contributed by atoms with Crippen LogP contribution in [0.4, 0.5) is 4.79 Å². The molecule has 4 rings (SSSR count). The third-order valence-corrected chi connectivity index (χ3v) is 5.58. The number of rotatable bonds is 2. The fraction of sp³-hybridized carbons (Fsp3) is 0.875. The van der Waals surface area contributed by atoms with Gasteiger partial charge in [0, 0.05) is 12.6 Å². The van der Waals surface area contributed by atoms with Crippen LogP contribution >= 0.6 is 0 Å². The van der Waals surface area contributed by atoms with Crippen molar-refractivity contribution in [2.45, 2.75) is 52.7 Å². The Morgan fingerprint density at radius 3 is 2.38 bits per heavy atom. The van der Waals surface area contributed by atoms with Gasteiger partial charge < -0.3 is 14.7 Å². The van der Waals surface area contributed by atoms with E-state index < -0.39 is 11.6 Å². The molecule has 2 aliphatic carbocycles. The average Bonchev–Trinajstić information content (AvgIpc) is 2.66. The summed E-state index contributed by atoms with van der Waals surface area (Å²) in [5.41, 5.74) is -0.626. The van der Waals surface area contributed by atoms with Crippen LogP contribution in [0, 0.1) is 29.1 Å².